The number of fused-ring (bicyclic) bond motifs is 1. The lowest BCUT2D eigenvalue weighted by molar-refractivity contribution is -0.138. The second-order valence-electron chi connectivity index (χ2n) is 10.0. The van der Waals surface area contributed by atoms with Gasteiger partial charge in [-0.1, -0.05) is 24.1 Å². The molecule has 10 heteroatoms. The van der Waals surface area contributed by atoms with Crippen molar-refractivity contribution in [3.63, 3.8) is 0 Å². The van der Waals surface area contributed by atoms with Crippen LogP contribution in [0, 0.1) is 18.8 Å². The molecule has 1 amide bonds. The van der Waals surface area contributed by atoms with Gasteiger partial charge in [0, 0.05) is 62.8 Å². The standard InChI is InChI=1S/C30H29F3N6O/c1-21-7-8-23(18-22(21)10-12-28-35-34-27-6-4-5-13-39(27)28)29(40)37(3)25-11-9-24(26(19-25)30(31,32)33)20-38-16-14-36(2)15-17-38/h4-9,11,13,18-19H,14-17,20H2,1-3H3. The van der Waals surface area contributed by atoms with E-state index in [0.717, 1.165) is 24.7 Å². The summed E-state index contributed by atoms with van der Waals surface area (Å²) in [4.78, 5) is 18.8. The number of alkyl halides is 3. The van der Waals surface area contributed by atoms with E-state index in [1.807, 2.05) is 43.3 Å². The lowest BCUT2D eigenvalue weighted by Gasteiger charge is -2.33. The summed E-state index contributed by atoms with van der Waals surface area (Å²) in [6.07, 6.45) is -2.73. The Hall–Kier alpha value is -4.20. The molecule has 0 unspecified atom stereocenters. The van der Waals surface area contributed by atoms with Gasteiger partial charge in [-0.2, -0.15) is 13.2 Å². The van der Waals surface area contributed by atoms with E-state index in [4.69, 9.17) is 0 Å². The SMILES string of the molecule is Cc1ccc(C(=O)N(C)c2ccc(CN3CCN(C)CC3)c(C(F)(F)F)c2)cc1C#Cc1nnc2ccccn12. The molecule has 1 saturated heterocycles. The third-order valence-electron chi connectivity index (χ3n) is 7.19. The van der Waals surface area contributed by atoms with Gasteiger partial charge in [0.25, 0.3) is 5.91 Å². The second kappa shape index (κ2) is 11.1. The number of hydrogen-bond acceptors (Lipinski definition) is 5. The number of benzene rings is 2. The largest absolute Gasteiger partial charge is 0.416 e. The van der Waals surface area contributed by atoms with E-state index in [0.29, 0.717) is 35.7 Å². The lowest BCUT2D eigenvalue weighted by Crippen LogP contribution is -2.44. The monoisotopic (exact) mass is 546 g/mol. The molecule has 2 aromatic heterocycles. The third-order valence-corrected chi connectivity index (χ3v) is 7.19. The first-order chi connectivity index (χ1) is 19.1. The number of aromatic nitrogens is 3. The molecule has 0 radical (unpaired) electrons. The van der Waals surface area contributed by atoms with E-state index >= 15 is 0 Å². The van der Waals surface area contributed by atoms with Crippen LogP contribution >= 0.6 is 0 Å². The maximum Gasteiger partial charge on any atom is 0.416 e. The van der Waals surface area contributed by atoms with Crippen LogP contribution in [0.3, 0.4) is 0 Å². The maximum absolute atomic E-state index is 14.1. The van der Waals surface area contributed by atoms with Crippen molar-refractivity contribution in [1.82, 2.24) is 24.4 Å². The number of likely N-dealkylation sites (N-methyl/N-ethyl adjacent to an activating group) is 1. The van der Waals surface area contributed by atoms with Gasteiger partial charge in [0.05, 0.1) is 5.56 Å². The zero-order valence-corrected chi connectivity index (χ0v) is 22.5. The number of carbonyl (C=O) groups is 1. The molecule has 0 aliphatic carbocycles. The quantitative estimate of drug-likeness (QED) is 0.354. The Morgan fingerprint density at radius 3 is 2.52 bits per heavy atom. The average Bonchev–Trinajstić information content (AvgIpc) is 3.36. The molecule has 1 aliphatic rings. The fourth-order valence-corrected chi connectivity index (χ4v) is 4.67. The minimum atomic E-state index is -4.54. The number of rotatable bonds is 4. The molecule has 1 aliphatic heterocycles. The molecule has 7 nitrogen and oxygen atoms in total. The van der Waals surface area contributed by atoms with E-state index in [1.54, 1.807) is 28.7 Å². The van der Waals surface area contributed by atoms with Crippen molar-refractivity contribution in [2.45, 2.75) is 19.6 Å². The van der Waals surface area contributed by atoms with Gasteiger partial charge in [-0.15, -0.1) is 10.2 Å². The Balaban J connectivity index is 1.39. The van der Waals surface area contributed by atoms with E-state index < -0.39 is 17.6 Å². The minimum absolute atomic E-state index is 0.169. The van der Waals surface area contributed by atoms with Crippen LogP contribution in [0.2, 0.25) is 0 Å². The number of carbonyl (C=O) groups excluding carboxylic acids is 1. The zero-order valence-electron chi connectivity index (χ0n) is 22.5. The molecular weight excluding hydrogens is 517 g/mol. The van der Waals surface area contributed by atoms with Crippen LogP contribution < -0.4 is 4.90 Å². The van der Waals surface area contributed by atoms with Gasteiger partial charge in [-0.05, 0) is 67.4 Å². The molecular formula is C30H29F3N6O. The van der Waals surface area contributed by atoms with Crippen LogP contribution in [0.5, 0.6) is 0 Å². The molecule has 1 fully saturated rings. The smallest absolute Gasteiger partial charge is 0.311 e. The number of piperazine rings is 1. The van der Waals surface area contributed by atoms with Gasteiger partial charge in [-0.25, -0.2) is 0 Å². The van der Waals surface area contributed by atoms with Gasteiger partial charge >= 0.3 is 6.18 Å². The highest BCUT2D eigenvalue weighted by Gasteiger charge is 2.35. The van der Waals surface area contributed by atoms with Gasteiger partial charge in [0.2, 0.25) is 5.82 Å². The Morgan fingerprint density at radius 2 is 1.77 bits per heavy atom. The first kappa shape index (κ1) is 27.4. The topological polar surface area (TPSA) is 57.0 Å². The lowest BCUT2D eigenvalue weighted by atomic mass is 10.0. The van der Waals surface area contributed by atoms with Crippen LogP contribution in [-0.2, 0) is 12.7 Å². The van der Waals surface area contributed by atoms with Crippen LogP contribution in [0.1, 0.15) is 38.4 Å². The van der Waals surface area contributed by atoms with Crippen molar-refractivity contribution in [3.05, 3.63) is 94.4 Å². The number of halogens is 3. The summed E-state index contributed by atoms with van der Waals surface area (Å²) in [6, 6.07) is 14.7. The molecule has 3 heterocycles. The Labute approximate surface area is 230 Å². The molecule has 0 bridgehead atoms. The normalized spacial score (nSPS) is 14.7. The Bertz CT molecular complexity index is 1610. The summed E-state index contributed by atoms with van der Waals surface area (Å²) in [5.74, 6) is 6.08. The van der Waals surface area contributed by atoms with Gasteiger partial charge in [-0.3, -0.25) is 14.1 Å². The van der Waals surface area contributed by atoms with Gasteiger partial charge < -0.3 is 9.80 Å². The number of hydrogen-bond donors (Lipinski definition) is 0. The summed E-state index contributed by atoms with van der Waals surface area (Å²) in [5, 5.41) is 8.19. The molecule has 0 N–H and O–H groups in total. The molecule has 40 heavy (non-hydrogen) atoms. The van der Waals surface area contributed by atoms with E-state index in [9.17, 15) is 18.0 Å². The summed E-state index contributed by atoms with van der Waals surface area (Å²) in [6.45, 7) is 5.13. The van der Waals surface area contributed by atoms with Crippen molar-refractivity contribution in [1.29, 1.82) is 0 Å². The highest BCUT2D eigenvalue weighted by Crippen LogP contribution is 2.35. The van der Waals surface area contributed by atoms with Gasteiger partial charge in [0.1, 0.15) is 0 Å². The second-order valence-corrected chi connectivity index (χ2v) is 10.0. The molecule has 206 valence electrons. The predicted molar refractivity (Wildman–Crippen MR) is 147 cm³/mol. The Morgan fingerprint density at radius 1 is 1.00 bits per heavy atom. The summed E-state index contributed by atoms with van der Waals surface area (Å²) in [5.41, 5.74) is 2.11. The fourth-order valence-electron chi connectivity index (χ4n) is 4.67. The third kappa shape index (κ3) is 5.86. The van der Waals surface area contributed by atoms with E-state index in [2.05, 4.69) is 26.9 Å². The first-order valence-electron chi connectivity index (χ1n) is 12.9. The van der Waals surface area contributed by atoms with Gasteiger partial charge in [0.15, 0.2) is 5.65 Å². The first-order valence-corrected chi connectivity index (χ1v) is 12.9. The number of pyridine rings is 1. The average molecular weight is 547 g/mol. The van der Waals surface area contributed by atoms with E-state index in [-0.39, 0.29) is 17.8 Å². The Kier molecular flexibility index (Phi) is 7.61. The number of aryl methyl sites for hydroxylation is 1. The van der Waals surface area contributed by atoms with Crippen molar-refractivity contribution in [2.24, 2.45) is 0 Å². The summed E-state index contributed by atoms with van der Waals surface area (Å²) in [7, 11) is 3.48. The zero-order chi connectivity index (χ0) is 28.4. The van der Waals surface area contributed by atoms with E-state index in [1.165, 1.54) is 18.0 Å². The summed E-state index contributed by atoms with van der Waals surface area (Å²) < 4.78 is 44.0. The van der Waals surface area contributed by atoms with Crippen LogP contribution in [-0.4, -0.2) is 70.6 Å². The highest BCUT2D eigenvalue weighted by atomic mass is 19.4. The van der Waals surface area contributed by atoms with Crippen molar-refractivity contribution >= 4 is 17.2 Å². The number of nitrogens with zero attached hydrogens (tertiary/aromatic N) is 6. The molecule has 2 aromatic carbocycles. The number of amides is 1. The fraction of sp³-hybridized carbons (Fsp3) is 0.300. The van der Waals surface area contributed by atoms with Crippen LogP contribution in [0.15, 0.2) is 60.8 Å². The highest BCUT2D eigenvalue weighted by molar-refractivity contribution is 6.06. The summed E-state index contributed by atoms with van der Waals surface area (Å²) >= 11 is 0. The minimum Gasteiger partial charge on any atom is -0.311 e. The molecule has 0 atom stereocenters. The van der Waals surface area contributed by atoms with Crippen molar-refractivity contribution < 1.29 is 18.0 Å². The van der Waals surface area contributed by atoms with Crippen LogP contribution in [0.25, 0.3) is 5.65 Å². The predicted octanol–water partition coefficient (Wildman–Crippen LogP) is 4.48. The van der Waals surface area contributed by atoms with Crippen LogP contribution in [0.4, 0.5) is 18.9 Å². The number of anilines is 1. The molecule has 0 spiro atoms. The molecule has 4 aromatic rings. The van der Waals surface area contributed by atoms with Crippen molar-refractivity contribution in [2.75, 3.05) is 45.2 Å². The maximum atomic E-state index is 14.1. The van der Waals surface area contributed by atoms with Crippen molar-refractivity contribution in [3.8, 4) is 11.8 Å². The molecule has 5 rings (SSSR count). The molecule has 0 saturated carbocycles.